The number of hydrogen-bond acceptors (Lipinski definition) is 5. The average Bonchev–Trinajstić information content (AvgIpc) is 3.34. The number of methoxy groups -OCH3 is 2. The number of aromatic nitrogens is 5. The molecule has 1 aliphatic carbocycles. The van der Waals surface area contributed by atoms with Gasteiger partial charge in [-0.05, 0) is 50.2 Å². The van der Waals surface area contributed by atoms with E-state index in [-0.39, 0.29) is 10.7 Å². The Kier molecular flexibility index (Phi) is 5.08. The number of ether oxygens (including phenoxy) is 2. The zero-order valence-electron chi connectivity index (χ0n) is 16.5. The third-order valence-corrected chi connectivity index (χ3v) is 5.39. The molecule has 7 nitrogen and oxygen atoms in total. The summed E-state index contributed by atoms with van der Waals surface area (Å²) in [5.74, 6) is 1.57. The fourth-order valence-electron chi connectivity index (χ4n) is 3.44. The minimum absolute atomic E-state index is 0.0712. The number of aromatic amines is 1. The number of benzene rings is 1. The normalized spacial score (nSPS) is 15.3. The van der Waals surface area contributed by atoms with Gasteiger partial charge in [0.25, 0.3) is 0 Å². The maximum absolute atomic E-state index is 13.3. The third kappa shape index (κ3) is 3.57. The van der Waals surface area contributed by atoms with Gasteiger partial charge in [-0.3, -0.25) is 14.3 Å². The first-order valence-electron chi connectivity index (χ1n) is 9.31. The second-order valence-corrected chi connectivity index (χ2v) is 7.49. The van der Waals surface area contributed by atoms with E-state index < -0.39 is 17.9 Å². The van der Waals surface area contributed by atoms with Gasteiger partial charge in [0, 0.05) is 17.7 Å². The van der Waals surface area contributed by atoms with Crippen molar-refractivity contribution in [3.8, 4) is 17.2 Å². The summed E-state index contributed by atoms with van der Waals surface area (Å²) in [6.07, 6.45) is -2.83. The highest BCUT2D eigenvalue weighted by Crippen LogP contribution is 2.43. The van der Waals surface area contributed by atoms with Crippen LogP contribution in [0.1, 0.15) is 48.9 Å². The molecular weight excluding hydrogens is 419 g/mol. The fraction of sp³-hybridized carbons (Fsp3) is 0.421. The molecule has 0 aliphatic heterocycles. The van der Waals surface area contributed by atoms with Crippen LogP contribution in [-0.4, -0.2) is 38.8 Å². The van der Waals surface area contributed by atoms with Crippen molar-refractivity contribution in [2.45, 2.75) is 37.9 Å². The van der Waals surface area contributed by atoms with Crippen LogP contribution in [0.15, 0.2) is 24.3 Å². The Morgan fingerprint density at radius 3 is 2.53 bits per heavy atom. The molecule has 0 unspecified atom stereocenters. The fourth-order valence-corrected chi connectivity index (χ4v) is 3.68. The minimum atomic E-state index is -4.52. The van der Waals surface area contributed by atoms with Crippen LogP contribution in [-0.2, 0) is 6.18 Å². The Labute approximate surface area is 175 Å². The number of rotatable bonds is 6. The molecule has 11 heteroatoms. The molecule has 1 aliphatic rings. The highest BCUT2D eigenvalue weighted by atomic mass is 32.1. The van der Waals surface area contributed by atoms with Crippen LogP contribution in [0.2, 0.25) is 0 Å². The molecular formula is C19H20F3N5O2S. The maximum atomic E-state index is 13.3. The van der Waals surface area contributed by atoms with E-state index >= 15 is 0 Å². The lowest BCUT2D eigenvalue weighted by molar-refractivity contribution is -0.141. The van der Waals surface area contributed by atoms with Crippen LogP contribution in [0, 0.1) is 4.77 Å². The van der Waals surface area contributed by atoms with E-state index in [1.165, 1.54) is 11.8 Å². The van der Waals surface area contributed by atoms with E-state index in [9.17, 15) is 13.2 Å². The predicted molar refractivity (Wildman–Crippen MR) is 105 cm³/mol. The van der Waals surface area contributed by atoms with Gasteiger partial charge in [-0.15, -0.1) is 0 Å². The topological polar surface area (TPSA) is 69.9 Å². The molecule has 1 atom stereocenters. The van der Waals surface area contributed by atoms with Gasteiger partial charge in [0.15, 0.2) is 16.3 Å². The van der Waals surface area contributed by atoms with Gasteiger partial charge in [-0.1, -0.05) is 0 Å². The van der Waals surface area contributed by atoms with Crippen molar-refractivity contribution >= 4 is 12.2 Å². The van der Waals surface area contributed by atoms with Crippen molar-refractivity contribution in [3.05, 3.63) is 46.2 Å². The van der Waals surface area contributed by atoms with Crippen LogP contribution in [0.4, 0.5) is 13.2 Å². The van der Waals surface area contributed by atoms with Gasteiger partial charge in [0.2, 0.25) is 0 Å². The molecule has 1 aromatic carbocycles. The summed E-state index contributed by atoms with van der Waals surface area (Å²) in [7, 11) is 3.06. The predicted octanol–water partition coefficient (Wildman–Crippen LogP) is 4.65. The van der Waals surface area contributed by atoms with E-state index in [2.05, 4.69) is 15.3 Å². The van der Waals surface area contributed by atoms with Crippen molar-refractivity contribution in [2.75, 3.05) is 14.2 Å². The van der Waals surface area contributed by atoms with Crippen molar-refractivity contribution in [2.24, 2.45) is 0 Å². The molecule has 2 aromatic heterocycles. The van der Waals surface area contributed by atoms with Crippen LogP contribution >= 0.6 is 12.2 Å². The van der Waals surface area contributed by atoms with E-state index in [1.54, 1.807) is 36.8 Å². The molecule has 1 saturated carbocycles. The van der Waals surface area contributed by atoms with Gasteiger partial charge in [0.05, 0.1) is 19.9 Å². The maximum Gasteiger partial charge on any atom is 0.435 e. The molecule has 1 N–H and O–H groups in total. The SMILES string of the molecule is COc1ccc(-n2c([C@H](C)n3nc(C(F)(F)F)cc3C3CC3)n[nH]c2=S)c(OC)c1. The summed E-state index contributed by atoms with van der Waals surface area (Å²) >= 11 is 5.40. The summed E-state index contributed by atoms with van der Waals surface area (Å²) in [6, 6.07) is 5.73. The highest BCUT2D eigenvalue weighted by Gasteiger charge is 2.39. The summed E-state index contributed by atoms with van der Waals surface area (Å²) < 4.78 is 53.9. The van der Waals surface area contributed by atoms with Crippen molar-refractivity contribution in [1.82, 2.24) is 24.5 Å². The molecule has 0 amide bonds. The van der Waals surface area contributed by atoms with Crippen LogP contribution in [0.3, 0.4) is 0 Å². The van der Waals surface area contributed by atoms with Gasteiger partial charge < -0.3 is 9.47 Å². The molecule has 160 valence electrons. The number of hydrogen-bond donors (Lipinski definition) is 1. The number of nitrogens with one attached hydrogen (secondary N) is 1. The minimum Gasteiger partial charge on any atom is -0.497 e. The highest BCUT2D eigenvalue weighted by molar-refractivity contribution is 7.71. The third-order valence-electron chi connectivity index (χ3n) is 5.12. The standard InChI is InChI=1S/C19H20F3N5O2S/c1-10(27-14(11-4-5-11)9-16(25-27)19(20,21)22)17-23-24-18(30)26(17)13-7-6-12(28-2)8-15(13)29-3/h6-11H,4-5H2,1-3H3,(H,24,30)/t10-/m0/s1. The first-order valence-corrected chi connectivity index (χ1v) is 9.71. The zero-order valence-corrected chi connectivity index (χ0v) is 17.3. The number of nitrogens with zero attached hydrogens (tertiary/aromatic N) is 4. The van der Waals surface area contributed by atoms with Crippen molar-refractivity contribution in [3.63, 3.8) is 0 Å². The number of halogens is 3. The Morgan fingerprint density at radius 2 is 1.93 bits per heavy atom. The summed E-state index contributed by atoms with van der Waals surface area (Å²) in [4.78, 5) is 0. The van der Waals surface area contributed by atoms with E-state index in [4.69, 9.17) is 21.7 Å². The average molecular weight is 439 g/mol. The molecule has 4 rings (SSSR count). The van der Waals surface area contributed by atoms with Crippen LogP contribution in [0.5, 0.6) is 11.5 Å². The van der Waals surface area contributed by atoms with Gasteiger partial charge in [-0.2, -0.15) is 23.4 Å². The molecule has 1 fully saturated rings. The Bertz CT molecular complexity index is 1130. The van der Waals surface area contributed by atoms with E-state index in [0.29, 0.717) is 28.7 Å². The van der Waals surface area contributed by atoms with Gasteiger partial charge in [-0.25, -0.2) is 0 Å². The zero-order chi connectivity index (χ0) is 21.6. The number of H-pyrrole nitrogens is 1. The molecule has 2 heterocycles. The second-order valence-electron chi connectivity index (χ2n) is 7.11. The summed E-state index contributed by atoms with van der Waals surface area (Å²) in [5.41, 5.74) is 0.242. The van der Waals surface area contributed by atoms with Crippen molar-refractivity contribution < 1.29 is 22.6 Å². The van der Waals surface area contributed by atoms with E-state index in [1.807, 2.05) is 0 Å². The Hall–Kier alpha value is -2.82. The molecule has 0 saturated heterocycles. The summed E-state index contributed by atoms with van der Waals surface area (Å²) in [5, 5.41) is 10.9. The number of alkyl halides is 3. The quantitative estimate of drug-likeness (QED) is 0.567. The molecule has 0 bridgehead atoms. The van der Waals surface area contributed by atoms with Crippen LogP contribution in [0.25, 0.3) is 5.69 Å². The largest absolute Gasteiger partial charge is 0.497 e. The van der Waals surface area contributed by atoms with Crippen molar-refractivity contribution in [1.29, 1.82) is 0 Å². The molecule has 0 radical (unpaired) electrons. The molecule has 30 heavy (non-hydrogen) atoms. The van der Waals surface area contributed by atoms with E-state index in [0.717, 1.165) is 18.9 Å². The smallest absolute Gasteiger partial charge is 0.435 e. The first kappa shape index (κ1) is 20.5. The lowest BCUT2D eigenvalue weighted by Gasteiger charge is -2.18. The van der Waals surface area contributed by atoms with Gasteiger partial charge in [0.1, 0.15) is 17.5 Å². The molecule has 0 spiro atoms. The monoisotopic (exact) mass is 439 g/mol. The van der Waals surface area contributed by atoms with Gasteiger partial charge >= 0.3 is 6.18 Å². The first-order chi connectivity index (χ1) is 14.2. The second kappa shape index (κ2) is 7.46. The molecule has 3 aromatic rings. The Balaban J connectivity index is 1.83. The van der Waals surface area contributed by atoms with Crippen LogP contribution < -0.4 is 9.47 Å². The lowest BCUT2D eigenvalue weighted by atomic mass is 10.2. The summed E-state index contributed by atoms with van der Waals surface area (Å²) in [6.45, 7) is 1.75. The Morgan fingerprint density at radius 1 is 1.20 bits per heavy atom. The lowest BCUT2D eigenvalue weighted by Crippen LogP contribution is -2.17.